The molecule has 1 aliphatic heterocycles. The standard InChI is InChI=1S/C9H15N/c1-7-2-3-8-5-10-6-9(8)4-7/h2,8-10H,3-6H2,1H3/t8-,9-/m0/s1. The van der Waals surface area contributed by atoms with E-state index in [2.05, 4.69) is 18.3 Å². The summed E-state index contributed by atoms with van der Waals surface area (Å²) in [6.45, 7) is 4.78. The first-order valence-corrected chi connectivity index (χ1v) is 4.22. The van der Waals surface area contributed by atoms with Crippen LogP contribution < -0.4 is 5.32 Å². The van der Waals surface area contributed by atoms with Crippen molar-refractivity contribution in [3.8, 4) is 0 Å². The number of rotatable bonds is 0. The normalized spacial score (nSPS) is 39.1. The van der Waals surface area contributed by atoms with Gasteiger partial charge in [0.05, 0.1) is 0 Å². The molecule has 1 heteroatoms. The highest BCUT2D eigenvalue weighted by molar-refractivity contribution is 5.07. The lowest BCUT2D eigenvalue weighted by Gasteiger charge is -2.22. The average Bonchev–Trinajstić information content (AvgIpc) is 2.33. The molecule has 1 saturated heterocycles. The van der Waals surface area contributed by atoms with Crippen molar-refractivity contribution in [2.24, 2.45) is 11.8 Å². The number of nitrogens with one attached hydrogen (secondary N) is 1. The van der Waals surface area contributed by atoms with Crippen LogP contribution in [-0.2, 0) is 0 Å². The summed E-state index contributed by atoms with van der Waals surface area (Å²) >= 11 is 0. The van der Waals surface area contributed by atoms with Gasteiger partial charge in [-0.2, -0.15) is 0 Å². The van der Waals surface area contributed by atoms with Gasteiger partial charge in [0.1, 0.15) is 0 Å². The van der Waals surface area contributed by atoms with Crippen LogP contribution in [0.4, 0.5) is 0 Å². The number of hydrogen-bond acceptors (Lipinski definition) is 1. The molecule has 0 aromatic carbocycles. The molecular weight excluding hydrogens is 122 g/mol. The fraction of sp³-hybridized carbons (Fsp3) is 0.778. The predicted octanol–water partition coefficient (Wildman–Crippen LogP) is 1.56. The zero-order valence-corrected chi connectivity index (χ0v) is 6.56. The topological polar surface area (TPSA) is 12.0 Å². The third-order valence-electron chi connectivity index (χ3n) is 2.83. The van der Waals surface area contributed by atoms with Gasteiger partial charge in [0, 0.05) is 0 Å². The van der Waals surface area contributed by atoms with Crippen molar-refractivity contribution in [2.75, 3.05) is 13.1 Å². The van der Waals surface area contributed by atoms with Gasteiger partial charge in [-0.15, -0.1) is 0 Å². The van der Waals surface area contributed by atoms with Crippen LogP contribution >= 0.6 is 0 Å². The highest BCUT2D eigenvalue weighted by Gasteiger charge is 2.28. The molecule has 0 amide bonds. The molecule has 1 heterocycles. The number of fused-ring (bicyclic) bond motifs is 1. The van der Waals surface area contributed by atoms with E-state index in [1.165, 1.54) is 25.9 Å². The maximum absolute atomic E-state index is 3.45. The van der Waals surface area contributed by atoms with Gasteiger partial charge in [0.2, 0.25) is 0 Å². The molecule has 0 saturated carbocycles. The van der Waals surface area contributed by atoms with Crippen LogP contribution in [0.2, 0.25) is 0 Å². The van der Waals surface area contributed by atoms with Crippen LogP contribution in [0.15, 0.2) is 11.6 Å². The second kappa shape index (κ2) is 2.39. The minimum atomic E-state index is 0.962. The minimum Gasteiger partial charge on any atom is -0.316 e. The average molecular weight is 137 g/mol. The van der Waals surface area contributed by atoms with E-state index in [1.54, 1.807) is 5.57 Å². The second-order valence-corrected chi connectivity index (χ2v) is 3.67. The Bertz CT molecular complexity index is 160. The predicted molar refractivity (Wildman–Crippen MR) is 42.8 cm³/mol. The van der Waals surface area contributed by atoms with Gasteiger partial charge in [-0.05, 0) is 44.7 Å². The first-order valence-electron chi connectivity index (χ1n) is 4.22. The smallest absolute Gasteiger partial charge is 0.00141 e. The van der Waals surface area contributed by atoms with Gasteiger partial charge in [-0.3, -0.25) is 0 Å². The minimum absolute atomic E-state index is 0.962. The Morgan fingerprint density at radius 1 is 1.40 bits per heavy atom. The summed E-state index contributed by atoms with van der Waals surface area (Å²) in [5, 5.41) is 3.45. The van der Waals surface area contributed by atoms with E-state index < -0.39 is 0 Å². The molecule has 0 spiro atoms. The number of hydrogen-bond donors (Lipinski definition) is 1. The lowest BCUT2D eigenvalue weighted by Crippen LogP contribution is -2.15. The molecule has 56 valence electrons. The number of allylic oxidation sites excluding steroid dienone is 2. The molecule has 2 aliphatic rings. The van der Waals surface area contributed by atoms with Crippen LogP contribution in [-0.4, -0.2) is 13.1 Å². The van der Waals surface area contributed by atoms with Crippen molar-refractivity contribution in [1.29, 1.82) is 0 Å². The largest absolute Gasteiger partial charge is 0.316 e. The molecule has 0 bridgehead atoms. The van der Waals surface area contributed by atoms with Crippen molar-refractivity contribution >= 4 is 0 Å². The van der Waals surface area contributed by atoms with Gasteiger partial charge >= 0.3 is 0 Å². The Balaban J connectivity index is 2.08. The molecule has 2 atom stereocenters. The summed E-state index contributed by atoms with van der Waals surface area (Å²) in [7, 11) is 0. The van der Waals surface area contributed by atoms with E-state index in [-0.39, 0.29) is 0 Å². The molecule has 0 aromatic heterocycles. The maximum Gasteiger partial charge on any atom is -0.00141 e. The van der Waals surface area contributed by atoms with E-state index in [1.807, 2.05) is 0 Å². The van der Waals surface area contributed by atoms with Crippen molar-refractivity contribution in [2.45, 2.75) is 19.8 Å². The summed E-state index contributed by atoms with van der Waals surface area (Å²) in [6.07, 6.45) is 5.08. The first-order chi connectivity index (χ1) is 4.86. The third kappa shape index (κ3) is 0.988. The highest BCUT2D eigenvalue weighted by Crippen LogP contribution is 2.31. The van der Waals surface area contributed by atoms with Crippen molar-refractivity contribution in [1.82, 2.24) is 5.32 Å². The summed E-state index contributed by atoms with van der Waals surface area (Å²) in [4.78, 5) is 0. The van der Waals surface area contributed by atoms with Gasteiger partial charge in [0.25, 0.3) is 0 Å². The van der Waals surface area contributed by atoms with Crippen molar-refractivity contribution < 1.29 is 0 Å². The van der Waals surface area contributed by atoms with Crippen molar-refractivity contribution in [3.05, 3.63) is 11.6 Å². The van der Waals surface area contributed by atoms with E-state index in [9.17, 15) is 0 Å². The first kappa shape index (κ1) is 6.41. The fourth-order valence-electron chi connectivity index (χ4n) is 2.15. The Labute approximate surface area is 62.5 Å². The van der Waals surface area contributed by atoms with E-state index in [0.29, 0.717) is 0 Å². The summed E-state index contributed by atoms with van der Waals surface area (Å²) in [5.74, 6) is 1.92. The van der Waals surface area contributed by atoms with Crippen LogP contribution in [0.25, 0.3) is 0 Å². The highest BCUT2D eigenvalue weighted by atomic mass is 14.9. The molecular formula is C9H15N. The quantitative estimate of drug-likeness (QED) is 0.500. The molecule has 2 rings (SSSR count). The van der Waals surface area contributed by atoms with E-state index in [4.69, 9.17) is 0 Å². The Hall–Kier alpha value is -0.300. The lowest BCUT2D eigenvalue weighted by molar-refractivity contribution is 0.400. The summed E-state index contributed by atoms with van der Waals surface area (Å²) in [5.41, 5.74) is 1.60. The Morgan fingerprint density at radius 2 is 2.20 bits per heavy atom. The Kier molecular flexibility index (Phi) is 1.53. The van der Waals surface area contributed by atoms with Crippen LogP contribution in [0.1, 0.15) is 19.8 Å². The zero-order chi connectivity index (χ0) is 6.97. The van der Waals surface area contributed by atoms with Gasteiger partial charge < -0.3 is 5.32 Å². The van der Waals surface area contributed by atoms with Crippen LogP contribution in [0, 0.1) is 11.8 Å². The van der Waals surface area contributed by atoms with Gasteiger partial charge in [-0.1, -0.05) is 11.6 Å². The van der Waals surface area contributed by atoms with E-state index >= 15 is 0 Å². The Morgan fingerprint density at radius 3 is 3.10 bits per heavy atom. The SMILES string of the molecule is CC1=CC[C@H]2CNC[C@@H]2C1. The van der Waals surface area contributed by atoms with E-state index in [0.717, 1.165) is 11.8 Å². The van der Waals surface area contributed by atoms with Crippen LogP contribution in [0.3, 0.4) is 0 Å². The third-order valence-corrected chi connectivity index (χ3v) is 2.83. The second-order valence-electron chi connectivity index (χ2n) is 3.67. The molecule has 0 radical (unpaired) electrons. The molecule has 1 aliphatic carbocycles. The molecule has 1 N–H and O–H groups in total. The molecule has 1 fully saturated rings. The molecule has 10 heavy (non-hydrogen) atoms. The van der Waals surface area contributed by atoms with Crippen molar-refractivity contribution in [3.63, 3.8) is 0 Å². The van der Waals surface area contributed by atoms with Gasteiger partial charge in [-0.25, -0.2) is 0 Å². The van der Waals surface area contributed by atoms with Gasteiger partial charge in [0.15, 0.2) is 0 Å². The molecule has 0 unspecified atom stereocenters. The zero-order valence-electron chi connectivity index (χ0n) is 6.56. The fourth-order valence-corrected chi connectivity index (χ4v) is 2.15. The maximum atomic E-state index is 3.45. The summed E-state index contributed by atoms with van der Waals surface area (Å²) in [6, 6.07) is 0. The molecule has 0 aromatic rings. The van der Waals surface area contributed by atoms with Crippen LogP contribution in [0.5, 0.6) is 0 Å². The lowest BCUT2D eigenvalue weighted by atomic mass is 9.83. The monoisotopic (exact) mass is 137 g/mol. The molecule has 1 nitrogen and oxygen atoms in total. The summed E-state index contributed by atoms with van der Waals surface area (Å²) < 4.78 is 0.